The van der Waals surface area contributed by atoms with Crippen LogP contribution in [0.5, 0.6) is 0 Å². The molecule has 170 valence electrons. The summed E-state index contributed by atoms with van der Waals surface area (Å²) in [5.41, 5.74) is 0. The summed E-state index contributed by atoms with van der Waals surface area (Å²) in [6.07, 6.45) is 1.64. The van der Waals surface area contributed by atoms with Crippen LogP contribution in [-0.2, 0) is 28.2 Å². The maximum atomic E-state index is 13.1. The number of ether oxygens (including phenoxy) is 2. The molecule has 0 radical (unpaired) electrons. The van der Waals surface area contributed by atoms with Gasteiger partial charge in [-0.25, -0.2) is 4.79 Å². The number of thioether (sulfide) groups is 1. The zero-order chi connectivity index (χ0) is 22.3. The molecular formula is C17H33N2O7PS2. The zero-order valence-electron chi connectivity index (χ0n) is 17.5. The molecule has 0 aliphatic rings. The molecule has 0 aliphatic carbocycles. The zero-order valence-corrected chi connectivity index (χ0v) is 20.0. The number of unbranched alkanes of at least 4 members (excludes halogenated alkanes) is 1. The fourth-order valence-corrected chi connectivity index (χ4v) is 5.66. The fraction of sp³-hybridized carbons (Fsp3) is 0.824. The van der Waals surface area contributed by atoms with Gasteiger partial charge < -0.3 is 29.7 Å². The van der Waals surface area contributed by atoms with E-state index in [1.54, 1.807) is 6.92 Å². The normalized spacial score (nSPS) is 14.2. The number of carboxylic acids is 1. The first-order chi connectivity index (χ1) is 13.7. The summed E-state index contributed by atoms with van der Waals surface area (Å²) >= 11 is 6.32. The molecule has 0 rings (SSSR count). The molecule has 29 heavy (non-hydrogen) atoms. The quantitative estimate of drug-likeness (QED) is 0.134. The van der Waals surface area contributed by atoms with Crippen molar-refractivity contribution in [3.8, 4) is 0 Å². The van der Waals surface area contributed by atoms with Gasteiger partial charge in [0.1, 0.15) is 10.4 Å². The Morgan fingerprint density at radius 2 is 1.76 bits per heavy atom. The van der Waals surface area contributed by atoms with Gasteiger partial charge >= 0.3 is 5.97 Å². The number of amides is 1. The van der Waals surface area contributed by atoms with Crippen molar-refractivity contribution in [2.45, 2.75) is 52.6 Å². The van der Waals surface area contributed by atoms with E-state index >= 15 is 0 Å². The molecule has 1 amide bonds. The van der Waals surface area contributed by atoms with E-state index in [1.165, 1.54) is 6.92 Å². The Morgan fingerprint density at radius 1 is 1.14 bits per heavy atom. The minimum Gasteiger partial charge on any atom is -0.480 e. The van der Waals surface area contributed by atoms with Crippen molar-refractivity contribution in [3.63, 3.8) is 0 Å². The highest BCUT2D eigenvalue weighted by Gasteiger charge is 2.35. The fourth-order valence-electron chi connectivity index (χ4n) is 2.29. The van der Waals surface area contributed by atoms with Crippen molar-refractivity contribution in [3.05, 3.63) is 0 Å². The smallest absolute Gasteiger partial charge is 0.327 e. The minimum absolute atomic E-state index is 0.130. The van der Waals surface area contributed by atoms with Crippen LogP contribution in [0.25, 0.3) is 0 Å². The van der Waals surface area contributed by atoms with E-state index in [9.17, 15) is 14.2 Å². The molecule has 12 heteroatoms. The Labute approximate surface area is 182 Å². The van der Waals surface area contributed by atoms with Crippen LogP contribution in [0.1, 0.15) is 40.5 Å². The van der Waals surface area contributed by atoms with Gasteiger partial charge in [-0.2, -0.15) is 0 Å². The van der Waals surface area contributed by atoms with E-state index in [0.717, 1.165) is 11.8 Å². The summed E-state index contributed by atoms with van der Waals surface area (Å²) in [5, 5.41) is 14.5. The van der Waals surface area contributed by atoms with Crippen molar-refractivity contribution < 1.29 is 33.3 Å². The first-order valence-electron chi connectivity index (χ1n) is 9.57. The lowest BCUT2D eigenvalue weighted by Crippen LogP contribution is -2.42. The van der Waals surface area contributed by atoms with E-state index in [0.29, 0.717) is 49.7 Å². The molecule has 9 nitrogen and oxygen atoms in total. The Morgan fingerprint density at radius 3 is 2.24 bits per heavy atom. The van der Waals surface area contributed by atoms with E-state index < -0.39 is 31.3 Å². The molecule has 0 fully saturated rings. The summed E-state index contributed by atoms with van der Waals surface area (Å²) in [7, 11) is -3.09. The Hall–Kier alpha value is -0.710. The molecular weight excluding hydrogens is 439 g/mol. The summed E-state index contributed by atoms with van der Waals surface area (Å²) in [6, 6.07) is -1.85. The maximum absolute atomic E-state index is 13.1. The first kappa shape index (κ1) is 28.3. The SMILES string of the molecule is CCOC(OCC)P(=O)(CCCCNC(=S)SC[C@H](NC(C)=O)C(=O)O)OCC. The topological polar surface area (TPSA) is 123 Å². The third-order valence-electron chi connectivity index (χ3n) is 3.51. The molecule has 0 saturated carbocycles. The molecule has 2 atom stereocenters. The Balaban J connectivity index is 4.35. The average molecular weight is 473 g/mol. The van der Waals surface area contributed by atoms with Gasteiger partial charge in [0.05, 0.1) is 6.61 Å². The summed E-state index contributed by atoms with van der Waals surface area (Å²) in [5.74, 6) is -1.39. The third-order valence-corrected chi connectivity index (χ3v) is 7.49. The van der Waals surface area contributed by atoms with E-state index in [-0.39, 0.29) is 5.75 Å². The van der Waals surface area contributed by atoms with Gasteiger partial charge in [-0.1, -0.05) is 24.0 Å². The number of carbonyl (C=O) groups is 2. The Bertz CT molecular complexity index is 560. The number of nitrogens with one attached hydrogen (secondary N) is 2. The van der Waals surface area contributed by atoms with Gasteiger partial charge in [-0.3, -0.25) is 9.36 Å². The van der Waals surface area contributed by atoms with Crippen molar-refractivity contribution in [1.29, 1.82) is 0 Å². The van der Waals surface area contributed by atoms with Crippen LogP contribution < -0.4 is 10.6 Å². The highest BCUT2D eigenvalue weighted by Crippen LogP contribution is 2.53. The molecule has 0 aromatic carbocycles. The second-order valence-corrected chi connectivity index (χ2v) is 10.2. The molecule has 1 unspecified atom stereocenters. The van der Waals surface area contributed by atoms with Gasteiger partial charge in [0.15, 0.2) is 0 Å². The van der Waals surface area contributed by atoms with Gasteiger partial charge in [-0.15, -0.1) is 0 Å². The second kappa shape index (κ2) is 16.0. The van der Waals surface area contributed by atoms with Crippen molar-refractivity contribution >= 4 is 47.5 Å². The van der Waals surface area contributed by atoms with Gasteiger partial charge in [0.2, 0.25) is 11.9 Å². The molecule has 0 aromatic heterocycles. The van der Waals surface area contributed by atoms with E-state index in [1.807, 2.05) is 13.8 Å². The van der Waals surface area contributed by atoms with Gasteiger partial charge in [-0.05, 0) is 33.6 Å². The largest absolute Gasteiger partial charge is 0.480 e. The summed E-state index contributed by atoms with van der Waals surface area (Å²) in [6.45, 7) is 8.28. The highest BCUT2D eigenvalue weighted by molar-refractivity contribution is 8.23. The number of carboxylic acid groups (broad SMARTS) is 1. The Kier molecular flexibility index (Phi) is 15.6. The first-order valence-corrected chi connectivity index (χ1v) is 12.8. The monoisotopic (exact) mass is 472 g/mol. The van der Waals surface area contributed by atoms with Crippen LogP contribution in [0.2, 0.25) is 0 Å². The van der Waals surface area contributed by atoms with Crippen molar-refractivity contribution in [2.24, 2.45) is 0 Å². The van der Waals surface area contributed by atoms with E-state index in [2.05, 4.69) is 10.6 Å². The molecule has 0 spiro atoms. The maximum Gasteiger partial charge on any atom is 0.327 e. The van der Waals surface area contributed by atoms with E-state index in [4.69, 9.17) is 31.3 Å². The average Bonchev–Trinajstić information content (AvgIpc) is 2.64. The number of rotatable bonds is 16. The second-order valence-electron chi connectivity index (χ2n) is 5.91. The molecule has 0 heterocycles. The van der Waals surface area contributed by atoms with Crippen molar-refractivity contribution in [2.75, 3.05) is 38.3 Å². The lowest BCUT2D eigenvalue weighted by atomic mass is 10.3. The number of carbonyl (C=O) groups excluding carboxylic acids is 1. The van der Waals surface area contributed by atoms with Crippen LogP contribution in [0.15, 0.2) is 0 Å². The number of hydrogen-bond acceptors (Lipinski definition) is 8. The van der Waals surface area contributed by atoms with Crippen LogP contribution in [0.3, 0.4) is 0 Å². The number of aliphatic carboxylic acids is 1. The standard InChI is InChI=1S/C17H33N2O7PS2/c1-5-24-17(25-6-2)27(23,26-7-3)11-9-8-10-18-16(28)29-12-14(15(21)22)19-13(4)20/h14,17H,5-12H2,1-4H3,(H,18,28)(H,19,20)(H,21,22)/t14-,27?/m0/s1. The molecule has 0 aliphatic heterocycles. The number of thiocarbonyl (C=S) groups is 1. The van der Waals surface area contributed by atoms with Crippen LogP contribution in [-0.4, -0.2) is 71.7 Å². The van der Waals surface area contributed by atoms with Gasteiger partial charge in [0, 0.05) is 38.6 Å². The van der Waals surface area contributed by atoms with Crippen LogP contribution in [0.4, 0.5) is 0 Å². The van der Waals surface area contributed by atoms with Crippen LogP contribution >= 0.6 is 31.3 Å². The lowest BCUT2D eigenvalue weighted by Gasteiger charge is -2.26. The molecule has 0 bridgehead atoms. The predicted octanol–water partition coefficient (Wildman–Crippen LogP) is 2.63. The number of hydrogen-bond donors (Lipinski definition) is 3. The van der Waals surface area contributed by atoms with Gasteiger partial charge in [0.25, 0.3) is 7.37 Å². The highest BCUT2D eigenvalue weighted by atomic mass is 32.2. The third kappa shape index (κ3) is 12.6. The minimum atomic E-state index is -3.09. The predicted molar refractivity (Wildman–Crippen MR) is 119 cm³/mol. The van der Waals surface area contributed by atoms with Crippen molar-refractivity contribution in [1.82, 2.24) is 10.6 Å². The lowest BCUT2D eigenvalue weighted by molar-refractivity contribution is -0.140. The summed E-state index contributed by atoms with van der Waals surface area (Å²) < 4.78 is 30.0. The summed E-state index contributed by atoms with van der Waals surface area (Å²) in [4.78, 5) is 22.1. The molecule has 0 saturated heterocycles. The van der Waals surface area contributed by atoms with Crippen LogP contribution in [0, 0.1) is 0 Å². The molecule has 0 aromatic rings. The molecule has 3 N–H and O–H groups in total.